The summed E-state index contributed by atoms with van der Waals surface area (Å²) >= 11 is 0. The summed E-state index contributed by atoms with van der Waals surface area (Å²) < 4.78 is 5.14. The van der Waals surface area contributed by atoms with Gasteiger partial charge in [0.2, 0.25) is 5.78 Å². The van der Waals surface area contributed by atoms with Gasteiger partial charge < -0.3 is 14.6 Å². The average Bonchev–Trinajstić information content (AvgIpc) is 2.79. The number of ketones is 1. The normalized spacial score (nSPS) is 11.8. The third-order valence-electron chi connectivity index (χ3n) is 4.21. The number of benzene rings is 3. The Balaban J connectivity index is 1.93. The van der Waals surface area contributed by atoms with Crippen molar-refractivity contribution in [1.82, 2.24) is 0 Å². The maximum atomic E-state index is 13.0. The maximum absolute atomic E-state index is 13.0. The van der Waals surface area contributed by atoms with Gasteiger partial charge in [0.15, 0.2) is 0 Å². The summed E-state index contributed by atoms with van der Waals surface area (Å²) in [6, 6.07) is 24.8. The lowest BCUT2D eigenvalue weighted by atomic mass is 10.0. The average molecular weight is 399 g/mol. The van der Waals surface area contributed by atoms with Crippen LogP contribution in [0.4, 0.5) is 0 Å². The molecule has 6 nitrogen and oxygen atoms in total. The molecular weight excluding hydrogens is 380 g/mol. The fraction of sp³-hybridized carbons (Fsp3) is 0.0833. The number of carboxylic acids is 1. The summed E-state index contributed by atoms with van der Waals surface area (Å²) in [4.78, 5) is 23.6. The van der Waals surface area contributed by atoms with Crippen molar-refractivity contribution in [2.75, 3.05) is 6.61 Å². The molecule has 0 aliphatic heterocycles. The second-order valence-corrected chi connectivity index (χ2v) is 6.38. The largest absolute Gasteiger partial charge is 0.546 e. The van der Waals surface area contributed by atoms with Crippen LogP contribution in [0.1, 0.15) is 28.4 Å². The van der Waals surface area contributed by atoms with Crippen LogP contribution < -0.4 is 9.84 Å². The van der Waals surface area contributed by atoms with Gasteiger partial charge in [-0.05, 0) is 19.1 Å². The topological polar surface area (TPSA) is 91.2 Å². The lowest BCUT2D eigenvalue weighted by Gasteiger charge is -2.08. The zero-order chi connectivity index (χ0) is 21.3. The van der Waals surface area contributed by atoms with Gasteiger partial charge in [0.25, 0.3) is 0 Å². The van der Waals surface area contributed by atoms with E-state index in [0.717, 1.165) is 0 Å². The van der Waals surface area contributed by atoms with Crippen LogP contribution in [0, 0.1) is 0 Å². The van der Waals surface area contributed by atoms with Gasteiger partial charge in [-0.1, -0.05) is 72.8 Å². The van der Waals surface area contributed by atoms with E-state index in [4.69, 9.17) is 4.74 Å². The number of nitrogens with zero attached hydrogens (tertiary/aromatic N) is 2. The van der Waals surface area contributed by atoms with Crippen molar-refractivity contribution < 1.29 is 19.4 Å². The number of carbonyl (C=O) groups excluding carboxylic acids is 2. The molecule has 3 aromatic rings. The highest BCUT2D eigenvalue weighted by Gasteiger charge is 2.16. The van der Waals surface area contributed by atoms with Crippen LogP contribution in [0.2, 0.25) is 0 Å². The standard InChI is InChI=1S/C24H20N2O4/c1-17(20-13-8-14-21(15-20)30-16-22(27)28)25-26-23(18-9-4-2-5-10-18)24(29)19-11-6-3-7-12-19/h2-15H,16H2,1H3,(H,27,28)/p-1/b25-17-,26-23-. The van der Waals surface area contributed by atoms with Crippen LogP contribution in [0.5, 0.6) is 5.75 Å². The molecule has 0 aromatic heterocycles. The van der Waals surface area contributed by atoms with Crippen molar-refractivity contribution in [3.63, 3.8) is 0 Å². The third-order valence-corrected chi connectivity index (χ3v) is 4.21. The quantitative estimate of drug-likeness (QED) is 0.331. The van der Waals surface area contributed by atoms with Gasteiger partial charge in [-0.2, -0.15) is 5.10 Å². The molecule has 0 aliphatic rings. The summed E-state index contributed by atoms with van der Waals surface area (Å²) in [7, 11) is 0. The van der Waals surface area contributed by atoms with Gasteiger partial charge >= 0.3 is 0 Å². The zero-order valence-electron chi connectivity index (χ0n) is 16.3. The molecule has 30 heavy (non-hydrogen) atoms. The van der Waals surface area contributed by atoms with E-state index >= 15 is 0 Å². The zero-order valence-corrected chi connectivity index (χ0v) is 16.3. The Kier molecular flexibility index (Phi) is 6.84. The molecule has 0 aliphatic carbocycles. The number of rotatable bonds is 8. The van der Waals surface area contributed by atoms with Crippen molar-refractivity contribution in [3.8, 4) is 5.75 Å². The van der Waals surface area contributed by atoms with Crippen molar-refractivity contribution in [3.05, 3.63) is 102 Å². The van der Waals surface area contributed by atoms with E-state index in [9.17, 15) is 14.7 Å². The summed E-state index contributed by atoms with van der Waals surface area (Å²) in [6.45, 7) is 1.21. The first kappa shape index (κ1) is 20.7. The number of aliphatic carboxylic acids is 1. The number of Topliss-reactive ketones (excluding diaryl/α,β-unsaturated/α-hetero) is 1. The van der Waals surface area contributed by atoms with Gasteiger partial charge in [-0.25, -0.2) is 0 Å². The van der Waals surface area contributed by atoms with Crippen LogP contribution in [-0.4, -0.2) is 29.8 Å². The van der Waals surface area contributed by atoms with Crippen molar-refractivity contribution in [2.45, 2.75) is 6.92 Å². The van der Waals surface area contributed by atoms with E-state index in [1.165, 1.54) is 0 Å². The van der Waals surface area contributed by atoms with Gasteiger partial charge in [-0.15, -0.1) is 5.10 Å². The number of hydrogen-bond acceptors (Lipinski definition) is 6. The van der Waals surface area contributed by atoms with Crippen LogP contribution in [-0.2, 0) is 4.79 Å². The van der Waals surface area contributed by atoms with Crippen molar-refractivity contribution >= 4 is 23.2 Å². The highest BCUT2D eigenvalue weighted by atomic mass is 16.5. The van der Waals surface area contributed by atoms with Crippen molar-refractivity contribution in [1.29, 1.82) is 0 Å². The molecule has 0 amide bonds. The van der Waals surface area contributed by atoms with Crippen LogP contribution >= 0.6 is 0 Å². The number of ether oxygens (including phenoxy) is 1. The summed E-state index contributed by atoms with van der Waals surface area (Å²) in [5.41, 5.74) is 2.64. The van der Waals surface area contributed by atoms with Gasteiger partial charge in [-0.3, -0.25) is 4.79 Å². The Bertz CT molecular complexity index is 1090. The Hall–Kier alpha value is -4.06. The number of carboxylic acid groups (broad SMARTS) is 1. The molecule has 0 spiro atoms. The van der Waals surface area contributed by atoms with Crippen molar-refractivity contribution in [2.24, 2.45) is 10.2 Å². The van der Waals surface area contributed by atoms with Gasteiger partial charge in [0.1, 0.15) is 18.1 Å². The molecule has 3 aromatic carbocycles. The minimum Gasteiger partial charge on any atom is -0.546 e. The molecule has 0 N–H and O–H groups in total. The number of hydrogen-bond donors (Lipinski definition) is 0. The molecular formula is C24H19N2O4-. The molecule has 0 saturated carbocycles. The molecule has 150 valence electrons. The van der Waals surface area contributed by atoms with E-state index in [1.54, 1.807) is 67.6 Å². The van der Waals surface area contributed by atoms with Gasteiger partial charge in [0.05, 0.1) is 11.7 Å². The van der Waals surface area contributed by atoms with Crippen LogP contribution in [0.25, 0.3) is 0 Å². The summed E-state index contributed by atoms with van der Waals surface area (Å²) in [6.07, 6.45) is 0. The molecule has 0 heterocycles. The molecule has 0 bridgehead atoms. The monoisotopic (exact) mass is 399 g/mol. The predicted molar refractivity (Wildman–Crippen MR) is 113 cm³/mol. The predicted octanol–water partition coefficient (Wildman–Crippen LogP) is 2.91. The minimum atomic E-state index is -1.30. The summed E-state index contributed by atoms with van der Waals surface area (Å²) in [5.74, 6) is -1.16. The van der Waals surface area contributed by atoms with E-state index in [-0.39, 0.29) is 11.5 Å². The third kappa shape index (κ3) is 5.48. The Morgan fingerprint density at radius 1 is 0.800 bits per heavy atom. The van der Waals surface area contributed by atoms with E-state index < -0.39 is 12.6 Å². The van der Waals surface area contributed by atoms with Crippen LogP contribution in [0.15, 0.2) is 95.1 Å². The molecule has 6 heteroatoms. The van der Waals surface area contributed by atoms with E-state index in [1.807, 2.05) is 24.3 Å². The lowest BCUT2D eigenvalue weighted by molar-refractivity contribution is -0.307. The maximum Gasteiger partial charge on any atom is 0.213 e. The van der Waals surface area contributed by atoms with E-state index in [0.29, 0.717) is 28.2 Å². The second kappa shape index (κ2) is 9.93. The molecule has 0 atom stereocenters. The SMILES string of the molecule is C/C(=N/N=C(\C(=O)c1ccccc1)c1ccccc1)c1cccc(OCC(=O)[O-])c1. The van der Waals surface area contributed by atoms with Crippen LogP contribution in [0.3, 0.4) is 0 Å². The molecule has 0 fully saturated rings. The smallest absolute Gasteiger partial charge is 0.213 e. The van der Waals surface area contributed by atoms with E-state index in [2.05, 4.69) is 10.2 Å². The first-order valence-corrected chi connectivity index (χ1v) is 9.25. The number of carbonyl (C=O) groups is 2. The highest BCUT2D eigenvalue weighted by molar-refractivity contribution is 6.51. The lowest BCUT2D eigenvalue weighted by Crippen LogP contribution is -2.28. The summed E-state index contributed by atoms with van der Waals surface area (Å²) in [5, 5.41) is 19.1. The minimum absolute atomic E-state index is 0.227. The fourth-order valence-corrected chi connectivity index (χ4v) is 2.69. The fourth-order valence-electron chi connectivity index (χ4n) is 2.69. The Morgan fingerprint density at radius 3 is 2.03 bits per heavy atom. The molecule has 0 radical (unpaired) electrons. The molecule has 3 rings (SSSR count). The molecule has 0 saturated heterocycles. The first-order valence-electron chi connectivity index (χ1n) is 9.25. The first-order chi connectivity index (χ1) is 14.5. The Morgan fingerprint density at radius 2 is 1.40 bits per heavy atom. The highest BCUT2D eigenvalue weighted by Crippen LogP contribution is 2.15. The second-order valence-electron chi connectivity index (χ2n) is 6.38. The Labute approximate surface area is 174 Å². The van der Waals surface area contributed by atoms with Gasteiger partial charge in [0, 0.05) is 16.7 Å². The molecule has 0 unspecified atom stereocenters.